The molecule has 1 aliphatic carbocycles. The fourth-order valence-electron chi connectivity index (χ4n) is 4.76. The second-order valence-electron chi connectivity index (χ2n) is 8.40. The Morgan fingerprint density at radius 2 is 1.88 bits per heavy atom. The minimum absolute atomic E-state index is 0.0127. The smallest absolute Gasteiger partial charge is 0.253 e. The normalized spacial score (nSPS) is 38.9. The first-order valence-electron chi connectivity index (χ1n) is 10.2. The molecular formula is C19H32ClF2N3O. The van der Waals surface area contributed by atoms with Gasteiger partial charge in [-0.3, -0.25) is 10.1 Å². The number of hydrogen-bond acceptors (Lipinski definition) is 3. The van der Waals surface area contributed by atoms with Crippen LogP contribution in [-0.2, 0) is 4.79 Å². The summed E-state index contributed by atoms with van der Waals surface area (Å²) in [6.07, 6.45) is 6.70. The average Bonchev–Trinajstić information content (AvgIpc) is 2.63. The number of alkyl halides is 3. The number of halogens is 3. The molecule has 0 aromatic carbocycles. The molecule has 150 valence electrons. The molecule has 0 aromatic heterocycles. The van der Waals surface area contributed by atoms with Gasteiger partial charge < -0.3 is 10.6 Å². The molecule has 3 rings (SSSR count). The van der Waals surface area contributed by atoms with E-state index in [4.69, 9.17) is 11.6 Å². The van der Waals surface area contributed by atoms with E-state index < -0.39 is 12.5 Å². The van der Waals surface area contributed by atoms with Gasteiger partial charge in [-0.1, -0.05) is 12.8 Å². The van der Waals surface area contributed by atoms with Gasteiger partial charge in [0.2, 0.25) is 5.91 Å². The molecule has 0 radical (unpaired) electrons. The molecule has 7 heteroatoms. The first-order chi connectivity index (χ1) is 12.5. The van der Waals surface area contributed by atoms with Gasteiger partial charge in [-0.15, -0.1) is 11.6 Å². The van der Waals surface area contributed by atoms with Crippen LogP contribution in [0.25, 0.3) is 0 Å². The van der Waals surface area contributed by atoms with Crippen LogP contribution in [0.1, 0.15) is 57.8 Å². The van der Waals surface area contributed by atoms with Gasteiger partial charge in [-0.25, -0.2) is 8.78 Å². The molecule has 0 spiro atoms. The highest BCUT2D eigenvalue weighted by Gasteiger charge is 2.32. The van der Waals surface area contributed by atoms with Gasteiger partial charge in [0.25, 0.3) is 6.43 Å². The molecule has 3 aliphatic rings. The molecule has 0 bridgehead atoms. The van der Waals surface area contributed by atoms with E-state index in [2.05, 4.69) is 16.0 Å². The fraction of sp³-hybridized carbons (Fsp3) is 0.947. The molecular weight excluding hydrogens is 360 g/mol. The van der Waals surface area contributed by atoms with Crippen molar-refractivity contribution in [3.8, 4) is 0 Å². The van der Waals surface area contributed by atoms with Gasteiger partial charge in [-0.2, -0.15) is 0 Å². The lowest BCUT2D eigenvalue weighted by Crippen LogP contribution is -2.54. The summed E-state index contributed by atoms with van der Waals surface area (Å²) < 4.78 is 25.3. The summed E-state index contributed by atoms with van der Waals surface area (Å²) in [5, 5.41) is 9.68. The van der Waals surface area contributed by atoms with Gasteiger partial charge in [-0.05, 0) is 63.3 Å². The lowest BCUT2D eigenvalue weighted by Gasteiger charge is -2.35. The maximum Gasteiger partial charge on any atom is 0.253 e. The van der Waals surface area contributed by atoms with Crippen molar-refractivity contribution in [1.82, 2.24) is 16.0 Å². The minimum Gasteiger partial charge on any atom is -0.340 e. The second-order valence-corrected chi connectivity index (χ2v) is 9.02. The van der Waals surface area contributed by atoms with Crippen molar-refractivity contribution in [1.29, 1.82) is 0 Å². The van der Waals surface area contributed by atoms with Crippen LogP contribution >= 0.6 is 11.6 Å². The topological polar surface area (TPSA) is 53.2 Å². The quantitative estimate of drug-likeness (QED) is 0.630. The van der Waals surface area contributed by atoms with E-state index in [-0.39, 0.29) is 18.0 Å². The molecule has 6 atom stereocenters. The highest BCUT2D eigenvalue weighted by Crippen LogP contribution is 2.33. The summed E-state index contributed by atoms with van der Waals surface area (Å²) in [7, 11) is 0. The van der Waals surface area contributed by atoms with Crippen molar-refractivity contribution >= 4 is 17.5 Å². The van der Waals surface area contributed by atoms with Gasteiger partial charge in [0.05, 0.1) is 18.1 Å². The van der Waals surface area contributed by atoms with Crippen LogP contribution in [0.3, 0.4) is 0 Å². The van der Waals surface area contributed by atoms with Crippen molar-refractivity contribution < 1.29 is 13.6 Å². The Hall–Kier alpha value is -0.460. The predicted molar refractivity (Wildman–Crippen MR) is 99.4 cm³/mol. The highest BCUT2D eigenvalue weighted by atomic mass is 35.5. The number of amides is 1. The molecule has 4 nitrogen and oxygen atoms in total. The molecule has 2 heterocycles. The van der Waals surface area contributed by atoms with Crippen LogP contribution in [0.2, 0.25) is 0 Å². The number of nitrogens with one attached hydrogen (secondary N) is 3. The molecule has 1 saturated carbocycles. The zero-order chi connectivity index (χ0) is 18.5. The predicted octanol–water partition coefficient (Wildman–Crippen LogP) is 3.25. The largest absolute Gasteiger partial charge is 0.340 e. The van der Waals surface area contributed by atoms with Crippen LogP contribution in [0, 0.1) is 17.8 Å². The summed E-state index contributed by atoms with van der Waals surface area (Å²) in [6.45, 7) is 1.28. The van der Waals surface area contributed by atoms with E-state index >= 15 is 0 Å². The Morgan fingerprint density at radius 1 is 1.04 bits per heavy atom. The maximum atomic E-state index is 12.7. The van der Waals surface area contributed by atoms with Crippen molar-refractivity contribution in [2.45, 2.75) is 81.8 Å². The minimum atomic E-state index is -2.35. The van der Waals surface area contributed by atoms with Gasteiger partial charge in [0, 0.05) is 11.9 Å². The number of piperidine rings is 2. The SMILES string of the molecule is O=C(NC1CCC(CC2CCCC(Cl)C2)CN1)C1CCC(C(F)F)NC1. The van der Waals surface area contributed by atoms with E-state index in [0.717, 1.165) is 38.1 Å². The highest BCUT2D eigenvalue weighted by molar-refractivity contribution is 6.20. The fourth-order valence-corrected chi connectivity index (χ4v) is 5.16. The third-order valence-electron chi connectivity index (χ3n) is 6.35. The Kier molecular flexibility index (Phi) is 7.53. The molecule has 2 aliphatic heterocycles. The van der Waals surface area contributed by atoms with Crippen molar-refractivity contribution in [2.24, 2.45) is 17.8 Å². The third kappa shape index (κ3) is 5.77. The lowest BCUT2D eigenvalue weighted by atomic mass is 9.80. The molecule has 3 fully saturated rings. The van der Waals surface area contributed by atoms with Gasteiger partial charge in [0.1, 0.15) is 0 Å². The molecule has 1 amide bonds. The molecule has 6 unspecified atom stereocenters. The van der Waals surface area contributed by atoms with Gasteiger partial charge >= 0.3 is 0 Å². The Labute approximate surface area is 160 Å². The zero-order valence-electron chi connectivity index (χ0n) is 15.4. The summed E-state index contributed by atoms with van der Waals surface area (Å²) in [4.78, 5) is 12.4. The molecule has 3 N–H and O–H groups in total. The van der Waals surface area contributed by atoms with Crippen LogP contribution in [-0.4, -0.2) is 43.0 Å². The van der Waals surface area contributed by atoms with Crippen LogP contribution < -0.4 is 16.0 Å². The number of carbonyl (C=O) groups is 1. The van der Waals surface area contributed by atoms with Crippen molar-refractivity contribution in [3.63, 3.8) is 0 Å². The van der Waals surface area contributed by atoms with Crippen LogP contribution in [0.4, 0.5) is 8.78 Å². The first kappa shape index (κ1) is 20.3. The zero-order valence-corrected chi connectivity index (χ0v) is 16.1. The lowest BCUT2D eigenvalue weighted by molar-refractivity contribution is -0.127. The van der Waals surface area contributed by atoms with E-state index in [1.165, 1.54) is 19.3 Å². The molecule has 26 heavy (non-hydrogen) atoms. The standard InChI is InChI=1S/C19H32ClF2N3O/c20-15-3-1-2-12(9-15)8-13-4-7-17(24-10-13)25-19(26)14-5-6-16(18(21)22)23-11-14/h12-18,23-24H,1-11H2,(H,25,26). The Bertz CT molecular complexity index is 452. The van der Waals surface area contributed by atoms with Crippen molar-refractivity contribution in [2.75, 3.05) is 13.1 Å². The number of hydrogen-bond donors (Lipinski definition) is 3. The summed E-state index contributed by atoms with van der Waals surface area (Å²) in [5.74, 6) is 1.20. The van der Waals surface area contributed by atoms with E-state index in [1.807, 2.05) is 0 Å². The third-order valence-corrected chi connectivity index (χ3v) is 6.74. The first-order valence-corrected chi connectivity index (χ1v) is 10.6. The van der Waals surface area contributed by atoms with E-state index in [1.54, 1.807) is 0 Å². The average molecular weight is 392 g/mol. The molecule has 2 saturated heterocycles. The monoisotopic (exact) mass is 391 g/mol. The summed E-state index contributed by atoms with van der Waals surface area (Å²) in [6, 6.07) is -0.764. The summed E-state index contributed by atoms with van der Waals surface area (Å²) in [5.41, 5.74) is 0. The maximum absolute atomic E-state index is 12.7. The number of carbonyl (C=O) groups excluding carboxylic acids is 1. The molecule has 0 aromatic rings. The van der Waals surface area contributed by atoms with Crippen LogP contribution in [0.5, 0.6) is 0 Å². The van der Waals surface area contributed by atoms with Gasteiger partial charge in [0.15, 0.2) is 0 Å². The number of rotatable bonds is 5. The summed E-state index contributed by atoms with van der Waals surface area (Å²) >= 11 is 6.30. The Morgan fingerprint density at radius 3 is 2.50 bits per heavy atom. The Balaban J connectivity index is 1.34. The van der Waals surface area contributed by atoms with E-state index in [9.17, 15) is 13.6 Å². The second kappa shape index (κ2) is 9.65. The van der Waals surface area contributed by atoms with Crippen molar-refractivity contribution in [3.05, 3.63) is 0 Å². The van der Waals surface area contributed by atoms with E-state index in [0.29, 0.717) is 30.7 Å². The van der Waals surface area contributed by atoms with Crippen LogP contribution in [0.15, 0.2) is 0 Å².